The first-order valence-corrected chi connectivity index (χ1v) is 9.24. The summed E-state index contributed by atoms with van der Waals surface area (Å²) in [6.07, 6.45) is 3.31. The van der Waals surface area contributed by atoms with Gasteiger partial charge in [0.05, 0.1) is 16.4 Å². The van der Waals surface area contributed by atoms with Crippen molar-refractivity contribution in [1.82, 2.24) is 9.97 Å². The van der Waals surface area contributed by atoms with Crippen LogP contribution in [0.1, 0.15) is 10.4 Å². The van der Waals surface area contributed by atoms with Crippen LogP contribution in [0.4, 0.5) is 10.2 Å². The van der Waals surface area contributed by atoms with Gasteiger partial charge in [-0.1, -0.05) is 12.1 Å². The Balaban J connectivity index is 1.64. The molecule has 0 fully saturated rings. The SMILES string of the molecule is Cc1ccsc1/C=N/Nc1ncnc2cc(-c3ccc(F)cc3)sc12. The van der Waals surface area contributed by atoms with Crippen molar-refractivity contribution in [2.45, 2.75) is 6.92 Å². The molecule has 0 aliphatic carbocycles. The van der Waals surface area contributed by atoms with E-state index >= 15 is 0 Å². The van der Waals surface area contributed by atoms with Crippen LogP contribution in [0.2, 0.25) is 0 Å². The number of nitrogens with zero attached hydrogens (tertiary/aromatic N) is 3. The minimum Gasteiger partial charge on any atom is -0.260 e. The maximum absolute atomic E-state index is 13.1. The number of benzene rings is 1. The summed E-state index contributed by atoms with van der Waals surface area (Å²) in [4.78, 5) is 10.7. The van der Waals surface area contributed by atoms with Crippen LogP contribution in [0.3, 0.4) is 0 Å². The third-order valence-electron chi connectivity index (χ3n) is 3.69. The largest absolute Gasteiger partial charge is 0.260 e. The van der Waals surface area contributed by atoms with Gasteiger partial charge in [-0.25, -0.2) is 14.4 Å². The first-order valence-electron chi connectivity index (χ1n) is 7.54. The van der Waals surface area contributed by atoms with Crippen LogP contribution in [-0.4, -0.2) is 16.2 Å². The zero-order chi connectivity index (χ0) is 17.2. The molecule has 3 heterocycles. The van der Waals surface area contributed by atoms with E-state index in [4.69, 9.17) is 0 Å². The lowest BCUT2D eigenvalue weighted by molar-refractivity contribution is 0.628. The molecule has 0 bridgehead atoms. The summed E-state index contributed by atoms with van der Waals surface area (Å²) in [5.74, 6) is 0.416. The van der Waals surface area contributed by atoms with Gasteiger partial charge in [0.15, 0.2) is 5.82 Å². The Morgan fingerprint density at radius 2 is 2.00 bits per heavy atom. The third-order valence-corrected chi connectivity index (χ3v) is 5.83. The third kappa shape index (κ3) is 3.29. The highest BCUT2D eigenvalue weighted by Crippen LogP contribution is 2.35. The van der Waals surface area contributed by atoms with Crippen molar-refractivity contribution in [2.75, 3.05) is 5.43 Å². The molecule has 1 N–H and O–H groups in total. The molecule has 0 aliphatic rings. The quantitative estimate of drug-likeness (QED) is 0.392. The van der Waals surface area contributed by atoms with E-state index in [1.165, 1.54) is 24.0 Å². The summed E-state index contributed by atoms with van der Waals surface area (Å²) < 4.78 is 14.0. The molecule has 0 unspecified atom stereocenters. The minimum absolute atomic E-state index is 0.245. The number of hydrogen-bond donors (Lipinski definition) is 1. The molecule has 0 saturated carbocycles. The summed E-state index contributed by atoms with van der Waals surface area (Å²) >= 11 is 3.19. The summed E-state index contributed by atoms with van der Waals surface area (Å²) in [5, 5.41) is 6.33. The minimum atomic E-state index is -0.245. The predicted octanol–water partition coefficient (Wildman–Crippen LogP) is 5.31. The van der Waals surface area contributed by atoms with E-state index in [0.717, 1.165) is 25.5 Å². The Bertz CT molecular complexity index is 1050. The Hall–Kier alpha value is -2.64. The lowest BCUT2D eigenvalue weighted by Crippen LogP contribution is -1.94. The Morgan fingerprint density at radius 1 is 1.16 bits per heavy atom. The van der Waals surface area contributed by atoms with Crippen LogP contribution in [0, 0.1) is 12.7 Å². The highest BCUT2D eigenvalue weighted by Gasteiger charge is 2.10. The molecule has 124 valence electrons. The number of aryl methyl sites for hydroxylation is 1. The Morgan fingerprint density at radius 3 is 2.76 bits per heavy atom. The van der Waals surface area contributed by atoms with Crippen LogP contribution >= 0.6 is 22.7 Å². The topological polar surface area (TPSA) is 50.2 Å². The summed E-state index contributed by atoms with van der Waals surface area (Å²) in [5.41, 5.74) is 5.98. The molecular formula is C18H13FN4S2. The monoisotopic (exact) mass is 368 g/mol. The number of hydrazone groups is 1. The van der Waals surface area contributed by atoms with Gasteiger partial charge in [-0.2, -0.15) is 5.10 Å². The smallest absolute Gasteiger partial charge is 0.167 e. The van der Waals surface area contributed by atoms with Gasteiger partial charge in [-0.3, -0.25) is 5.43 Å². The first-order chi connectivity index (χ1) is 12.2. The van der Waals surface area contributed by atoms with Crippen molar-refractivity contribution in [3.8, 4) is 10.4 Å². The van der Waals surface area contributed by atoms with Gasteiger partial charge in [-0.05, 0) is 47.7 Å². The van der Waals surface area contributed by atoms with Gasteiger partial charge in [0.1, 0.15) is 12.1 Å². The molecule has 0 atom stereocenters. The van der Waals surface area contributed by atoms with E-state index < -0.39 is 0 Å². The molecule has 0 saturated heterocycles. The fourth-order valence-electron chi connectivity index (χ4n) is 2.36. The molecule has 0 aliphatic heterocycles. The fraction of sp³-hybridized carbons (Fsp3) is 0.0556. The van der Waals surface area contributed by atoms with Gasteiger partial charge < -0.3 is 0 Å². The number of fused-ring (bicyclic) bond motifs is 1. The van der Waals surface area contributed by atoms with Crippen molar-refractivity contribution < 1.29 is 4.39 Å². The van der Waals surface area contributed by atoms with E-state index in [-0.39, 0.29) is 5.82 Å². The zero-order valence-electron chi connectivity index (χ0n) is 13.2. The average molecular weight is 368 g/mol. The fourth-order valence-corrected chi connectivity index (χ4v) is 4.20. The van der Waals surface area contributed by atoms with Gasteiger partial charge in [0.2, 0.25) is 0 Å². The standard InChI is InChI=1S/C18H13FN4S2/c1-11-6-7-24-16(11)9-22-23-18-17-14(20-10-21-18)8-15(25-17)12-2-4-13(19)5-3-12/h2-10H,1H3,(H,20,21,23)/b22-9+. The summed E-state index contributed by atoms with van der Waals surface area (Å²) in [6.45, 7) is 2.05. The van der Waals surface area contributed by atoms with Crippen molar-refractivity contribution in [3.63, 3.8) is 0 Å². The summed E-state index contributed by atoms with van der Waals surface area (Å²) in [7, 11) is 0. The van der Waals surface area contributed by atoms with Crippen LogP contribution in [0.25, 0.3) is 20.7 Å². The molecule has 0 radical (unpaired) electrons. The lowest BCUT2D eigenvalue weighted by Gasteiger charge is -1.99. The predicted molar refractivity (Wildman–Crippen MR) is 103 cm³/mol. The van der Waals surface area contributed by atoms with E-state index in [1.807, 2.05) is 11.4 Å². The van der Waals surface area contributed by atoms with Gasteiger partial charge >= 0.3 is 0 Å². The highest BCUT2D eigenvalue weighted by atomic mass is 32.1. The van der Waals surface area contributed by atoms with Crippen molar-refractivity contribution in [2.24, 2.45) is 5.10 Å². The van der Waals surface area contributed by atoms with E-state index in [1.54, 1.807) is 41.0 Å². The number of halogens is 1. The van der Waals surface area contributed by atoms with Crippen molar-refractivity contribution in [1.29, 1.82) is 0 Å². The van der Waals surface area contributed by atoms with Crippen molar-refractivity contribution in [3.05, 3.63) is 64.4 Å². The first kappa shape index (κ1) is 15.9. The highest BCUT2D eigenvalue weighted by molar-refractivity contribution is 7.22. The maximum Gasteiger partial charge on any atom is 0.167 e. The number of aromatic nitrogens is 2. The van der Waals surface area contributed by atoms with Gasteiger partial charge in [-0.15, -0.1) is 22.7 Å². The van der Waals surface area contributed by atoms with E-state index in [0.29, 0.717) is 5.82 Å². The molecule has 3 aromatic heterocycles. The molecule has 1 aromatic carbocycles. The number of rotatable bonds is 4. The Kier molecular flexibility index (Phi) is 4.25. The van der Waals surface area contributed by atoms with Gasteiger partial charge in [0.25, 0.3) is 0 Å². The molecule has 4 rings (SSSR count). The van der Waals surface area contributed by atoms with E-state index in [2.05, 4.69) is 33.5 Å². The number of thiophene rings is 2. The lowest BCUT2D eigenvalue weighted by atomic mass is 10.2. The van der Waals surface area contributed by atoms with Crippen LogP contribution in [-0.2, 0) is 0 Å². The van der Waals surface area contributed by atoms with Crippen LogP contribution < -0.4 is 5.43 Å². The number of anilines is 1. The Labute approximate surface area is 151 Å². The van der Waals surface area contributed by atoms with Crippen LogP contribution in [0.15, 0.2) is 53.2 Å². The molecule has 4 aromatic rings. The molecular weight excluding hydrogens is 355 g/mol. The van der Waals surface area contributed by atoms with E-state index in [9.17, 15) is 4.39 Å². The number of hydrogen-bond acceptors (Lipinski definition) is 6. The van der Waals surface area contributed by atoms with Crippen molar-refractivity contribution >= 4 is 44.9 Å². The average Bonchev–Trinajstić information content (AvgIpc) is 3.22. The number of nitrogens with one attached hydrogen (secondary N) is 1. The maximum atomic E-state index is 13.1. The molecule has 25 heavy (non-hydrogen) atoms. The van der Waals surface area contributed by atoms with Crippen LogP contribution in [0.5, 0.6) is 0 Å². The molecule has 7 heteroatoms. The second-order valence-electron chi connectivity index (χ2n) is 5.39. The second-order valence-corrected chi connectivity index (χ2v) is 7.39. The normalized spacial score (nSPS) is 11.4. The summed E-state index contributed by atoms with van der Waals surface area (Å²) in [6, 6.07) is 10.5. The second kappa shape index (κ2) is 6.70. The molecule has 4 nitrogen and oxygen atoms in total. The van der Waals surface area contributed by atoms with Gasteiger partial charge in [0, 0.05) is 9.75 Å². The molecule has 0 amide bonds. The molecule has 0 spiro atoms. The zero-order valence-corrected chi connectivity index (χ0v) is 14.9.